The van der Waals surface area contributed by atoms with Crippen molar-refractivity contribution < 1.29 is 9.53 Å². The number of pyridine rings is 1. The summed E-state index contributed by atoms with van der Waals surface area (Å²) in [4.78, 5) is 26.6. The van der Waals surface area contributed by atoms with Crippen molar-refractivity contribution in [2.45, 2.75) is 51.7 Å². The molecule has 1 aliphatic heterocycles. The Morgan fingerprint density at radius 3 is 2.44 bits per heavy atom. The molecule has 27 heavy (non-hydrogen) atoms. The number of ether oxygens (including phenoxy) is 1. The normalized spacial score (nSPS) is 16.9. The van der Waals surface area contributed by atoms with Gasteiger partial charge in [0.25, 0.3) is 11.5 Å². The molecular formula is C22H26N2O3. The molecule has 2 aromatic rings. The summed E-state index contributed by atoms with van der Waals surface area (Å²) in [5.74, 6) is 0.647. The Hall–Kier alpha value is -2.56. The summed E-state index contributed by atoms with van der Waals surface area (Å²) in [5, 5.41) is 0. The average molecular weight is 366 g/mol. The molecule has 0 N–H and O–H groups in total. The van der Waals surface area contributed by atoms with Crippen molar-refractivity contribution in [1.82, 2.24) is 9.47 Å². The van der Waals surface area contributed by atoms with E-state index in [0.717, 1.165) is 36.9 Å². The van der Waals surface area contributed by atoms with Gasteiger partial charge < -0.3 is 14.2 Å². The molecule has 0 unspecified atom stereocenters. The third-order valence-corrected chi connectivity index (χ3v) is 5.32. The number of benzene rings is 1. The van der Waals surface area contributed by atoms with Crippen molar-refractivity contribution in [2.24, 2.45) is 0 Å². The van der Waals surface area contributed by atoms with Gasteiger partial charge in [-0.2, -0.15) is 0 Å². The quantitative estimate of drug-likeness (QED) is 0.788. The number of nitrogens with zero attached hydrogens (tertiary/aromatic N) is 2. The second kappa shape index (κ2) is 7.22. The van der Waals surface area contributed by atoms with E-state index in [9.17, 15) is 9.59 Å². The minimum atomic E-state index is -0.0520. The minimum Gasteiger partial charge on any atom is -0.486 e. The number of aryl methyl sites for hydroxylation is 2. The van der Waals surface area contributed by atoms with Crippen molar-refractivity contribution in [2.75, 3.05) is 13.1 Å². The number of rotatable bonds is 6. The first kappa shape index (κ1) is 17.8. The number of likely N-dealkylation sites (tertiary alicyclic amines) is 1. The highest BCUT2D eigenvalue weighted by Crippen LogP contribution is 2.35. The zero-order valence-corrected chi connectivity index (χ0v) is 16.0. The first-order valence-corrected chi connectivity index (χ1v) is 9.83. The summed E-state index contributed by atoms with van der Waals surface area (Å²) in [6, 6.07) is 11.7. The van der Waals surface area contributed by atoms with E-state index in [1.165, 1.54) is 5.56 Å². The van der Waals surface area contributed by atoms with Gasteiger partial charge in [-0.25, -0.2) is 0 Å². The summed E-state index contributed by atoms with van der Waals surface area (Å²) in [7, 11) is 0. The Morgan fingerprint density at radius 1 is 1.15 bits per heavy atom. The van der Waals surface area contributed by atoms with E-state index in [-0.39, 0.29) is 17.6 Å². The van der Waals surface area contributed by atoms with Gasteiger partial charge in [-0.15, -0.1) is 0 Å². The van der Waals surface area contributed by atoms with Gasteiger partial charge in [-0.1, -0.05) is 25.5 Å². The fourth-order valence-electron chi connectivity index (χ4n) is 3.71. The van der Waals surface area contributed by atoms with Crippen molar-refractivity contribution in [3.63, 3.8) is 0 Å². The van der Waals surface area contributed by atoms with E-state index in [2.05, 4.69) is 6.92 Å². The summed E-state index contributed by atoms with van der Waals surface area (Å²) in [6.07, 6.45) is 4.25. The van der Waals surface area contributed by atoms with Gasteiger partial charge in [-0.05, 0) is 49.9 Å². The van der Waals surface area contributed by atoms with Gasteiger partial charge in [0.05, 0.1) is 13.1 Å². The third-order valence-electron chi connectivity index (χ3n) is 5.32. The van der Waals surface area contributed by atoms with Gasteiger partial charge in [0.1, 0.15) is 11.9 Å². The van der Waals surface area contributed by atoms with E-state index in [1.807, 2.05) is 41.8 Å². The fraction of sp³-hybridized carbons (Fsp3) is 0.455. The Labute approximate surface area is 159 Å². The predicted molar refractivity (Wildman–Crippen MR) is 104 cm³/mol. The largest absolute Gasteiger partial charge is 0.486 e. The SMILES string of the molecule is CCCc1ccc(C(=O)N2CC(Oc3cc(C)n(C4CC4)c(=O)c3)C2)cc1. The van der Waals surface area contributed by atoms with Crippen molar-refractivity contribution in [3.8, 4) is 5.75 Å². The lowest BCUT2D eigenvalue weighted by Gasteiger charge is -2.39. The molecule has 0 radical (unpaired) electrons. The number of amides is 1. The second-order valence-corrected chi connectivity index (χ2v) is 7.67. The highest BCUT2D eigenvalue weighted by atomic mass is 16.5. The number of hydrogen-bond donors (Lipinski definition) is 0. The van der Waals surface area contributed by atoms with Crippen LogP contribution < -0.4 is 10.3 Å². The number of hydrogen-bond acceptors (Lipinski definition) is 3. The number of carbonyl (C=O) groups excluding carboxylic acids is 1. The molecule has 142 valence electrons. The molecule has 1 aromatic heterocycles. The maximum Gasteiger partial charge on any atom is 0.254 e. The van der Waals surface area contributed by atoms with Crippen LogP contribution in [0, 0.1) is 6.92 Å². The molecule has 2 fully saturated rings. The maximum absolute atomic E-state index is 12.5. The van der Waals surface area contributed by atoms with Crippen LogP contribution in [0.25, 0.3) is 0 Å². The van der Waals surface area contributed by atoms with E-state index in [1.54, 1.807) is 11.0 Å². The molecule has 1 saturated heterocycles. The number of aromatic nitrogens is 1. The van der Waals surface area contributed by atoms with Crippen LogP contribution in [0.5, 0.6) is 5.75 Å². The fourth-order valence-corrected chi connectivity index (χ4v) is 3.71. The first-order chi connectivity index (χ1) is 13.0. The van der Waals surface area contributed by atoms with Gasteiger partial charge in [0.15, 0.2) is 0 Å². The van der Waals surface area contributed by atoms with Gasteiger partial charge in [-0.3, -0.25) is 9.59 Å². The van der Waals surface area contributed by atoms with Crippen LogP contribution in [0.3, 0.4) is 0 Å². The molecule has 5 nitrogen and oxygen atoms in total. The van der Waals surface area contributed by atoms with E-state index < -0.39 is 0 Å². The van der Waals surface area contributed by atoms with Gasteiger partial charge in [0, 0.05) is 23.4 Å². The van der Waals surface area contributed by atoms with Crippen LogP contribution in [-0.2, 0) is 6.42 Å². The molecule has 1 saturated carbocycles. The molecule has 2 heterocycles. The number of carbonyl (C=O) groups is 1. The molecule has 5 heteroatoms. The average Bonchev–Trinajstić information content (AvgIpc) is 3.42. The molecule has 0 spiro atoms. The van der Waals surface area contributed by atoms with Crippen LogP contribution in [0.1, 0.15) is 53.8 Å². The molecule has 1 aromatic carbocycles. The molecular weight excluding hydrogens is 340 g/mol. The van der Waals surface area contributed by atoms with E-state index >= 15 is 0 Å². The van der Waals surface area contributed by atoms with Crippen molar-refractivity contribution in [1.29, 1.82) is 0 Å². The molecule has 1 aliphatic carbocycles. The zero-order chi connectivity index (χ0) is 19.0. The monoisotopic (exact) mass is 366 g/mol. The van der Waals surface area contributed by atoms with Gasteiger partial charge >= 0.3 is 0 Å². The topological polar surface area (TPSA) is 51.5 Å². The maximum atomic E-state index is 12.5. The highest BCUT2D eigenvalue weighted by molar-refractivity contribution is 5.94. The summed E-state index contributed by atoms with van der Waals surface area (Å²) in [6.45, 7) is 5.21. The van der Waals surface area contributed by atoms with E-state index in [0.29, 0.717) is 24.9 Å². The minimum absolute atomic E-state index is 0.00641. The molecule has 2 aliphatic rings. The molecule has 0 atom stereocenters. The second-order valence-electron chi connectivity index (χ2n) is 7.67. The first-order valence-electron chi connectivity index (χ1n) is 9.83. The van der Waals surface area contributed by atoms with Crippen LogP contribution >= 0.6 is 0 Å². The molecule has 1 amide bonds. The lowest BCUT2D eigenvalue weighted by atomic mass is 10.0. The Bertz CT molecular complexity index is 891. The predicted octanol–water partition coefficient (Wildman–Crippen LogP) is 3.35. The summed E-state index contributed by atoms with van der Waals surface area (Å²) >= 11 is 0. The van der Waals surface area contributed by atoms with Crippen LogP contribution in [0.15, 0.2) is 41.2 Å². The van der Waals surface area contributed by atoms with Gasteiger partial charge in [0.2, 0.25) is 0 Å². The Morgan fingerprint density at radius 2 is 1.85 bits per heavy atom. The Balaban J connectivity index is 1.34. The lowest BCUT2D eigenvalue weighted by molar-refractivity contribution is 0.0176. The Kier molecular flexibility index (Phi) is 4.77. The standard InChI is InChI=1S/C22H26N2O3/c1-3-4-16-5-7-17(8-6-16)22(26)23-13-20(14-23)27-19-11-15(2)24(18-9-10-18)21(25)12-19/h5-8,11-12,18,20H,3-4,9-10,13-14H2,1-2H3. The van der Waals surface area contributed by atoms with Crippen LogP contribution in [0.4, 0.5) is 0 Å². The molecule has 0 bridgehead atoms. The summed E-state index contributed by atoms with van der Waals surface area (Å²) in [5.41, 5.74) is 2.93. The van der Waals surface area contributed by atoms with Crippen LogP contribution in [-0.4, -0.2) is 34.6 Å². The summed E-state index contributed by atoms with van der Waals surface area (Å²) < 4.78 is 7.78. The lowest BCUT2D eigenvalue weighted by Crippen LogP contribution is -2.56. The highest BCUT2D eigenvalue weighted by Gasteiger charge is 2.33. The molecule has 4 rings (SSSR count). The van der Waals surface area contributed by atoms with Crippen molar-refractivity contribution >= 4 is 5.91 Å². The van der Waals surface area contributed by atoms with E-state index in [4.69, 9.17) is 4.74 Å². The third kappa shape index (κ3) is 3.77. The van der Waals surface area contributed by atoms with Crippen molar-refractivity contribution in [3.05, 3.63) is 63.6 Å². The smallest absolute Gasteiger partial charge is 0.254 e. The van der Waals surface area contributed by atoms with Crippen LogP contribution in [0.2, 0.25) is 0 Å². The zero-order valence-electron chi connectivity index (χ0n) is 16.0.